The van der Waals surface area contributed by atoms with Crippen molar-refractivity contribution in [3.05, 3.63) is 40.2 Å². The lowest BCUT2D eigenvalue weighted by atomic mass is 10.2. The van der Waals surface area contributed by atoms with E-state index in [1.54, 1.807) is 0 Å². The number of amides is 1. The second kappa shape index (κ2) is 6.87. The summed E-state index contributed by atoms with van der Waals surface area (Å²) in [5, 5.41) is 4.74. The molecular formula is C14H11ClF5N3O2. The number of nitrogens with one attached hydrogen (secondary N) is 1. The number of halogens is 6. The molecule has 11 heteroatoms. The highest BCUT2D eigenvalue weighted by atomic mass is 35.5. The first-order chi connectivity index (χ1) is 11.5. The molecule has 0 bridgehead atoms. The molecule has 0 saturated heterocycles. The third-order valence-electron chi connectivity index (χ3n) is 3.14. The van der Waals surface area contributed by atoms with Gasteiger partial charge in [-0.1, -0.05) is 11.6 Å². The van der Waals surface area contributed by atoms with Gasteiger partial charge in [-0.3, -0.25) is 9.48 Å². The van der Waals surface area contributed by atoms with E-state index >= 15 is 0 Å². The summed E-state index contributed by atoms with van der Waals surface area (Å²) >= 11 is 5.63. The van der Waals surface area contributed by atoms with Crippen molar-refractivity contribution < 1.29 is 31.5 Å². The Hall–Kier alpha value is -2.36. The molecule has 1 heterocycles. The zero-order valence-electron chi connectivity index (χ0n) is 12.8. The van der Waals surface area contributed by atoms with Crippen LogP contribution in [0.2, 0.25) is 5.02 Å². The van der Waals surface area contributed by atoms with Crippen LogP contribution in [0.25, 0.3) is 0 Å². The maximum atomic E-state index is 12.8. The number of carbonyl (C=O) groups excluding carboxylic acids is 1. The van der Waals surface area contributed by atoms with Crippen molar-refractivity contribution in [3.8, 4) is 5.75 Å². The van der Waals surface area contributed by atoms with Crippen LogP contribution in [-0.4, -0.2) is 22.3 Å². The molecule has 0 aliphatic heterocycles. The van der Waals surface area contributed by atoms with Gasteiger partial charge in [-0.15, -0.1) is 0 Å². The largest absolute Gasteiger partial charge is 0.436 e. The van der Waals surface area contributed by atoms with Crippen LogP contribution < -0.4 is 10.1 Å². The minimum atomic E-state index is -4.81. The van der Waals surface area contributed by atoms with Gasteiger partial charge in [0.15, 0.2) is 5.69 Å². The standard InChI is InChI=1S/C14H11ClF5N3O2/c1-6-5-7(25-13(16)17)3-4-8(6)21-12(24)10-9(15)11(14(18,19)20)22-23(10)2/h3-5,13H,1-2H3,(H,21,24). The predicted molar refractivity (Wildman–Crippen MR) is 79.0 cm³/mol. The Labute approximate surface area is 143 Å². The van der Waals surface area contributed by atoms with Gasteiger partial charge in [-0.2, -0.15) is 27.1 Å². The summed E-state index contributed by atoms with van der Waals surface area (Å²) in [6.07, 6.45) is -4.81. The van der Waals surface area contributed by atoms with Crippen LogP contribution in [0.5, 0.6) is 5.75 Å². The van der Waals surface area contributed by atoms with E-state index in [-0.39, 0.29) is 11.4 Å². The number of hydrogen-bond donors (Lipinski definition) is 1. The minimum Gasteiger partial charge on any atom is -0.435 e. The molecule has 1 amide bonds. The molecule has 1 aromatic carbocycles. The third-order valence-corrected chi connectivity index (χ3v) is 3.50. The van der Waals surface area contributed by atoms with E-state index in [1.807, 2.05) is 0 Å². The number of aromatic nitrogens is 2. The van der Waals surface area contributed by atoms with Gasteiger partial charge in [0.25, 0.3) is 5.91 Å². The highest BCUT2D eigenvalue weighted by molar-refractivity contribution is 6.34. The summed E-state index contributed by atoms with van der Waals surface area (Å²) in [6, 6.07) is 3.70. The molecule has 2 aromatic rings. The van der Waals surface area contributed by atoms with Crippen molar-refractivity contribution in [1.82, 2.24) is 9.78 Å². The van der Waals surface area contributed by atoms with Crippen molar-refractivity contribution in [3.63, 3.8) is 0 Å². The fraction of sp³-hybridized carbons (Fsp3) is 0.286. The number of carbonyl (C=O) groups is 1. The van der Waals surface area contributed by atoms with Crippen molar-refractivity contribution in [1.29, 1.82) is 0 Å². The van der Waals surface area contributed by atoms with Gasteiger partial charge >= 0.3 is 12.8 Å². The van der Waals surface area contributed by atoms with Crippen molar-refractivity contribution in [2.45, 2.75) is 19.7 Å². The van der Waals surface area contributed by atoms with Gasteiger partial charge in [-0.05, 0) is 30.7 Å². The quantitative estimate of drug-likeness (QED) is 0.803. The summed E-state index contributed by atoms with van der Waals surface area (Å²) in [5.41, 5.74) is -1.31. The lowest BCUT2D eigenvalue weighted by Crippen LogP contribution is -2.17. The van der Waals surface area contributed by atoms with E-state index in [1.165, 1.54) is 25.1 Å². The second-order valence-corrected chi connectivity index (χ2v) is 5.32. The average molecular weight is 384 g/mol. The van der Waals surface area contributed by atoms with E-state index in [4.69, 9.17) is 11.6 Å². The van der Waals surface area contributed by atoms with Gasteiger partial charge in [0.2, 0.25) is 0 Å². The lowest BCUT2D eigenvalue weighted by molar-refractivity contribution is -0.141. The number of ether oxygens (including phenoxy) is 1. The molecule has 0 spiro atoms. The normalized spacial score (nSPS) is 11.7. The monoisotopic (exact) mass is 383 g/mol. The topological polar surface area (TPSA) is 56.1 Å². The molecule has 1 N–H and O–H groups in total. The molecule has 0 fully saturated rings. The lowest BCUT2D eigenvalue weighted by Gasteiger charge is -2.11. The summed E-state index contributed by atoms with van der Waals surface area (Å²) in [6.45, 7) is -1.51. The van der Waals surface area contributed by atoms with Crippen LogP contribution in [0.1, 0.15) is 21.7 Å². The van der Waals surface area contributed by atoms with Crippen LogP contribution in [0.4, 0.5) is 27.6 Å². The van der Waals surface area contributed by atoms with Crippen molar-refractivity contribution in [2.75, 3.05) is 5.32 Å². The number of benzene rings is 1. The van der Waals surface area contributed by atoms with Gasteiger partial charge in [-0.25, -0.2) is 0 Å². The molecule has 1 aromatic heterocycles. The van der Waals surface area contributed by atoms with Gasteiger partial charge in [0, 0.05) is 12.7 Å². The Morgan fingerprint density at radius 2 is 2.00 bits per heavy atom. The Balaban J connectivity index is 2.28. The van der Waals surface area contributed by atoms with Gasteiger partial charge in [0.05, 0.1) is 0 Å². The number of alkyl halides is 5. The van der Waals surface area contributed by atoms with Crippen LogP contribution in [-0.2, 0) is 13.2 Å². The molecule has 2 rings (SSSR count). The summed E-state index contributed by atoms with van der Waals surface area (Å²) < 4.78 is 67.6. The molecule has 0 aliphatic rings. The van der Waals surface area contributed by atoms with Crippen LogP contribution in [0, 0.1) is 6.92 Å². The fourth-order valence-electron chi connectivity index (χ4n) is 2.06. The Kier molecular flexibility index (Phi) is 5.21. The molecule has 0 atom stereocenters. The van der Waals surface area contributed by atoms with E-state index in [0.717, 1.165) is 7.05 Å². The van der Waals surface area contributed by atoms with E-state index in [0.29, 0.717) is 10.2 Å². The maximum Gasteiger partial charge on any atom is 0.436 e. The molecular weight excluding hydrogens is 373 g/mol. The molecule has 25 heavy (non-hydrogen) atoms. The zero-order chi connectivity index (χ0) is 18.9. The van der Waals surface area contributed by atoms with Gasteiger partial charge in [0.1, 0.15) is 16.5 Å². The van der Waals surface area contributed by atoms with E-state index < -0.39 is 35.1 Å². The average Bonchev–Trinajstić information content (AvgIpc) is 2.76. The predicted octanol–water partition coefficient (Wildman–Crippen LogP) is 4.25. The van der Waals surface area contributed by atoms with Crippen LogP contribution >= 0.6 is 11.6 Å². The Morgan fingerprint density at radius 1 is 1.36 bits per heavy atom. The SMILES string of the molecule is Cc1cc(OC(F)F)ccc1NC(=O)c1c(Cl)c(C(F)(F)F)nn1C. The summed E-state index contributed by atoms with van der Waals surface area (Å²) in [5.74, 6) is -1.05. The first-order valence-electron chi connectivity index (χ1n) is 6.67. The molecule has 5 nitrogen and oxygen atoms in total. The highest BCUT2D eigenvalue weighted by Crippen LogP contribution is 2.35. The van der Waals surface area contributed by atoms with E-state index in [9.17, 15) is 26.7 Å². The zero-order valence-corrected chi connectivity index (χ0v) is 13.5. The number of anilines is 1. The molecule has 136 valence electrons. The first kappa shape index (κ1) is 19.0. The Morgan fingerprint density at radius 3 is 2.48 bits per heavy atom. The van der Waals surface area contributed by atoms with Crippen LogP contribution in [0.15, 0.2) is 18.2 Å². The number of nitrogens with zero attached hydrogens (tertiary/aromatic N) is 2. The Bertz CT molecular complexity index is 804. The maximum absolute atomic E-state index is 12.8. The highest BCUT2D eigenvalue weighted by Gasteiger charge is 2.39. The first-order valence-corrected chi connectivity index (χ1v) is 7.05. The van der Waals surface area contributed by atoms with E-state index in [2.05, 4.69) is 15.2 Å². The fourth-order valence-corrected chi connectivity index (χ4v) is 2.41. The molecule has 0 unspecified atom stereocenters. The molecule has 0 radical (unpaired) electrons. The second-order valence-electron chi connectivity index (χ2n) is 4.94. The third kappa shape index (κ3) is 4.19. The molecule has 0 saturated carbocycles. The smallest absolute Gasteiger partial charge is 0.435 e. The minimum absolute atomic E-state index is 0.122. The van der Waals surface area contributed by atoms with Crippen molar-refractivity contribution in [2.24, 2.45) is 7.05 Å². The number of aryl methyl sites for hydroxylation is 2. The number of rotatable bonds is 4. The van der Waals surface area contributed by atoms with Gasteiger partial charge < -0.3 is 10.1 Å². The summed E-state index contributed by atoms with van der Waals surface area (Å²) in [4.78, 5) is 12.2. The summed E-state index contributed by atoms with van der Waals surface area (Å²) in [7, 11) is 1.14. The van der Waals surface area contributed by atoms with Crippen LogP contribution in [0.3, 0.4) is 0 Å². The molecule has 0 aliphatic carbocycles. The number of hydrogen-bond acceptors (Lipinski definition) is 3. The van der Waals surface area contributed by atoms with Crippen molar-refractivity contribution >= 4 is 23.2 Å².